The first kappa shape index (κ1) is 17.3. The van der Waals surface area contributed by atoms with Crippen molar-refractivity contribution in [1.29, 1.82) is 0 Å². The highest BCUT2D eigenvalue weighted by Crippen LogP contribution is 2.29. The molecule has 0 saturated carbocycles. The predicted octanol–water partition coefficient (Wildman–Crippen LogP) is 4.05. The largest absolute Gasteiger partial charge is 0.494 e. The number of benzene rings is 2. The number of amides is 1. The molecule has 2 aromatic rings. The van der Waals surface area contributed by atoms with Crippen LogP contribution in [-0.2, 0) is 11.2 Å². The van der Waals surface area contributed by atoms with E-state index in [1.807, 2.05) is 37.3 Å². The molecule has 0 heterocycles. The first-order valence-corrected chi connectivity index (χ1v) is 8.99. The summed E-state index contributed by atoms with van der Waals surface area (Å²) in [5.74, 6) is 1.61. The maximum absolute atomic E-state index is 12.2. The average Bonchev–Trinajstić information content (AvgIpc) is 2.64. The number of carbonyl (C=O) groups excluding carboxylic acids is 1. The highest BCUT2D eigenvalue weighted by atomic mass is 16.5. The molecule has 0 saturated heterocycles. The summed E-state index contributed by atoms with van der Waals surface area (Å²) in [7, 11) is 0. The zero-order chi connectivity index (χ0) is 17.5. The van der Waals surface area contributed by atoms with E-state index in [4.69, 9.17) is 9.47 Å². The van der Waals surface area contributed by atoms with Crippen LogP contribution in [0.2, 0.25) is 0 Å². The van der Waals surface area contributed by atoms with Gasteiger partial charge in [-0.15, -0.1) is 0 Å². The number of hydrogen-bond donors (Lipinski definition) is 1. The number of nitrogens with one attached hydrogen (secondary N) is 1. The van der Waals surface area contributed by atoms with Crippen molar-refractivity contribution >= 4 is 5.91 Å². The molecule has 132 valence electrons. The minimum absolute atomic E-state index is 0.0349. The number of hydrogen-bond acceptors (Lipinski definition) is 3. The summed E-state index contributed by atoms with van der Waals surface area (Å²) in [6, 6.07) is 16.0. The second-order valence-corrected chi connectivity index (χ2v) is 6.21. The highest BCUT2D eigenvalue weighted by Gasteiger charge is 2.21. The molecule has 1 aliphatic rings. The molecule has 1 atom stereocenters. The van der Waals surface area contributed by atoms with Gasteiger partial charge in [0.1, 0.15) is 11.5 Å². The van der Waals surface area contributed by atoms with Gasteiger partial charge >= 0.3 is 0 Å². The van der Waals surface area contributed by atoms with E-state index in [9.17, 15) is 4.79 Å². The second-order valence-electron chi connectivity index (χ2n) is 6.21. The molecule has 3 rings (SSSR count). The van der Waals surface area contributed by atoms with Crippen molar-refractivity contribution < 1.29 is 14.3 Å². The molecule has 0 aromatic heterocycles. The standard InChI is InChI=1S/C21H25NO3/c1-2-24-17-10-12-18(13-11-17)25-15-14-21(23)22-20-9-5-7-16-6-3-4-8-19(16)20/h3-4,6,8,10-13,20H,2,5,7,9,14-15H2,1H3,(H,22,23)/t20-/m1/s1. The van der Waals surface area contributed by atoms with Crippen LogP contribution in [0.4, 0.5) is 0 Å². The van der Waals surface area contributed by atoms with E-state index in [0.717, 1.165) is 30.8 Å². The third kappa shape index (κ3) is 4.75. The fourth-order valence-electron chi connectivity index (χ4n) is 3.23. The molecule has 0 spiro atoms. The number of fused-ring (bicyclic) bond motifs is 1. The van der Waals surface area contributed by atoms with Gasteiger partial charge in [-0.25, -0.2) is 0 Å². The van der Waals surface area contributed by atoms with Crippen LogP contribution in [0.25, 0.3) is 0 Å². The Bertz CT molecular complexity index is 697. The van der Waals surface area contributed by atoms with Gasteiger partial charge in [-0.05, 0) is 61.6 Å². The Morgan fingerprint density at radius 3 is 2.56 bits per heavy atom. The molecule has 1 amide bonds. The summed E-state index contributed by atoms with van der Waals surface area (Å²) < 4.78 is 11.0. The van der Waals surface area contributed by atoms with Crippen molar-refractivity contribution in [1.82, 2.24) is 5.32 Å². The lowest BCUT2D eigenvalue weighted by Gasteiger charge is -2.26. The van der Waals surface area contributed by atoms with Crippen molar-refractivity contribution in [3.8, 4) is 11.5 Å². The Morgan fingerprint density at radius 2 is 1.80 bits per heavy atom. The number of aryl methyl sites for hydroxylation is 1. The smallest absolute Gasteiger partial charge is 0.223 e. The molecule has 2 aromatic carbocycles. The molecule has 4 nitrogen and oxygen atoms in total. The van der Waals surface area contributed by atoms with Crippen molar-refractivity contribution in [2.24, 2.45) is 0 Å². The summed E-state index contributed by atoms with van der Waals surface area (Å²) in [6.07, 6.45) is 3.57. The Balaban J connectivity index is 1.46. The molecule has 0 fully saturated rings. The van der Waals surface area contributed by atoms with Crippen LogP contribution in [-0.4, -0.2) is 19.1 Å². The van der Waals surface area contributed by atoms with E-state index in [1.165, 1.54) is 11.1 Å². The number of rotatable bonds is 7. The SMILES string of the molecule is CCOc1ccc(OCCC(=O)N[C@@H]2CCCc3ccccc32)cc1. The Labute approximate surface area is 149 Å². The van der Waals surface area contributed by atoms with Gasteiger partial charge in [-0.3, -0.25) is 4.79 Å². The third-order valence-corrected chi connectivity index (χ3v) is 4.44. The van der Waals surface area contributed by atoms with Crippen LogP contribution >= 0.6 is 0 Å². The van der Waals surface area contributed by atoms with E-state index in [1.54, 1.807) is 0 Å². The van der Waals surface area contributed by atoms with Gasteiger partial charge in [-0.2, -0.15) is 0 Å². The lowest BCUT2D eigenvalue weighted by Crippen LogP contribution is -2.31. The van der Waals surface area contributed by atoms with Gasteiger partial charge in [0.2, 0.25) is 5.91 Å². The van der Waals surface area contributed by atoms with E-state index in [2.05, 4.69) is 23.5 Å². The van der Waals surface area contributed by atoms with E-state index < -0.39 is 0 Å². The molecular formula is C21H25NO3. The summed E-state index contributed by atoms with van der Waals surface area (Å²) in [6.45, 7) is 2.96. The van der Waals surface area contributed by atoms with Gasteiger partial charge in [0.25, 0.3) is 0 Å². The lowest BCUT2D eigenvalue weighted by atomic mass is 9.88. The normalized spacial score (nSPS) is 16.0. The number of ether oxygens (including phenoxy) is 2. The van der Waals surface area contributed by atoms with E-state index >= 15 is 0 Å². The van der Waals surface area contributed by atoms with E-state index in [0.29, 0.717) is 19.6 Å². The number of carbonyl (C=O) groups is 1. The van der Waals surface area contributed by atoms with Crippen LogP contribution in [0, 0.1) is 0 Å². The molecule has 1 N–H and O–H groups in total. The molecule has 0 aliphatic heterocycles. The fourth-order valence-corrected chi connectivity index (χ4v) is 3.23. The zero-order valence-corrected chi connectivity index (χ0v) is 14.7. The maximum Gasteiger partial charge on any atom is 0.223 e. The summed E-state index contributed by atoms with van der Waals surface area (Å²) in [5.41, 5.74) is 2.61. The Morgan fingerprint density at radius 1 is 1.08 bits per heavy atom. The van der Waals surface area contributed by atoms with Crippen LogP contribution in [0.5, 0.6) is 11.5 Å². The molecule has 0 radical (unpaired) electrons. The lowest BCUT2D eigenvalue weighted by molar-refractivity contribution is -0.122. The van der Waals surface area contributed by atoms with Gasteiger partial charge in [0, 0.05) is 0 Å². The first-order valence-electron chi connectivity index (χ1n) is 8.99. The van der Waals surface area contributed by atoms with Crippen LogP contribution < -0.4 is 14.8 Å². The third-order valence-electron chi connectivity index (χ3n) is 4.44. The van der Waals surface area contributed by atoms with Gasteiger partial charge in [-0.1, -0.05) is 24.3 Å². The fraction of sp³-hybridized carbons (Fsp3) is 0.381. The molecule has 0 bridgehead atoms. The molecule has 4 heteroatoms. The molecule has 25 heavy (non-hydrogen) atoms. The molecule has 0 unspecified atom stereocenters. The average molecular weight is 339 g/mol. The first-order chi connectivity index (χ1) is 12.3. The minimum atomic E-state index is 0.0349. The summed E-state index contributed by atoms with van der Waals surface area (Å²) >= 11 is 0. The van der Waals surface area contributed by atoms with Gasteiger partial charge < -0.3 is 14.8 Å². The summed E-state index contributed by atoms with van der Waals surface area (Å²) in [5, 5.41) is 3.15. The minimum Gasteiger partial charge on any atom is -0.494 e. The van der Waals surface area contributed by atoms with Gasteiger partial charge in [0.05, 0.1) is 25.7 Å². The Hall–Kier alpha value is -2.49. The monoisotopic (exact) mass is 339 g/mol. The Kier molecular flexibility index (Phi) is 5.94. The topological polar surface area (TPSA) is 47.6 Å². The van der Waals surface area contributed by atoms with E-state index in [-0.39, 0.29) is 11.9 Å². The van der Waals surface area contributed by atoms with Crippen LogP contribution in [0.3, 0.4) is 0 Å². The zero-order valence-electron chi connectivity index (χ0n) is 14.7. The quantitative estimate of drug-likeness (QED) is 0.828. The highest BCUT2D eigenvalue weighted by molar-refractivity contribution is 5.76. The molecule has 1 aliphatic carbocycles. The maximum atomic E-state index is 12.2. The van der Waals surface area contributed by atoms with Gasteiger partial charge in [0.15, 0.2) is 0 Å². The summed E-state index contributed by atoms with van der Waals surface area (Å²) in [4.78, 5) is 12.2. The van der Waals surface area contributed by atoms with Crippen molar-refractivity contribution in [3.63, 3.8) is 0 Å². The van der Waals surface area contributed by atoms with Crippen molar-refractivity contribution in [2.45, 2.75) is 38.6 Å². The predicted molar refractivity (Wildman–Crippen MR) is 98.0 cm³/mol. The van der Waals surface area contributed by atoms with Crippen LogP contribution in [0.1, 0.15) is 43.4 Å². The van der Waals surface area contributed by atoms with Crippen molar-refractivity contribution in [3.05, 3.63) is 59.7 Å². The molecular weight excluding hydrogens is 314 g/mol. The van der Waals surface area contributed by atoms with Crippen LogP contribution in [0.15, 0.2) is 48.5 Å². The second kappa shape index (κ2) is 8.56. The van der Waals surface area contributed by atoms with Crippen molar-refractivity contribution in [2.75, 3.05) is 13.2 Å².